The van der Waals surface area contributed by atoms with E-state index in [1.807, 2.05) is 11.0 Å². The van der Waals surface area contributed by atoms with E-state index in [1.165, 1.54) is 0 Å². The maximum absolute atomic E-state index is 13.4. The summed E-state index contributed by atoms with van der Waals surface area (Å²) in [5, 5.41) is 8.92. The third-order valence-corrected chi connectivity index (χ3v) is 8.26. The van der Waals surface area contributed by atoms with Gasteiger partial charge in [0, 0.05) is 35.2 Å². The first-order valence-electron chi connectivity index (χ1n) is 11.0. The smallest absolute Gasteiger partial charge is 0.256 e. The summed E-state index contributed by atoms with van der Waals surface area (Å²) in [5.41, 5.74) is 1.86. The van der Waals surface area contributed by atoms with Crippen LogP contribution in [0.4, 0.5) is 0 Å². The summed E-state index contributed by atoms with van der Waals surface area (Å²) in [6, 6.07) is 3.64. The fourth-order valence-electron chi connectivity index (χ4n) is 4.86. The van der Waals surface area contributed by atoms with Crippen LogP contribution < -0.4 is 4.74 Å². The molecule has 0 radical (unpaired) electrons. The Labute approximate surface area is 191 Å². The maximum Gasteiger partial charge on any atom is 0.256 e. The molecule has 2 aliphatic rings. The minimum atomic E-state index is -0.0692. The second-order valence-corrected chi connectivity index (χ2v) is 11.2. The van der Waals surface area contributed by atoms with Crippen LogP contribution in [0.1, 0.15) is 70.8 Å². The van der Waals surface area contributed by atoms with Crippen LogP contribution in [0, 0.1) is 5.41 Å². The molecule has 0 atom stereocenters. The number of likely N-dealkylation sites (tertiary alicyclic amines) is 1. The molecule has 1 saturated heterocycles. The van der Waals surface area contributed by atoms with Gasteiger partial charge in [0.1, 0.15) is 11.4 Å². The zero-order valence-electron chi connectivity index (χ0n) is 18.9. The van der Waals surface area contributed by atoms with E-state index in [2.05, 4.69) is 36.0 Å². The summed E-state index contributed by atoms with van der Waals surface area (Å²) in [4.78, 5) is 34.0. The number of H-pyrrole nitrogens is 1. The predicted molar refractivity (Wildman–Crippen MR) is 124 cm³/mol. The summed E-state index contributed by atoms with van der Waals surface area (Å²) >= 11 is 1.69. The van der Waals surface area contributed by atoms with Gasteiger partial charge in [0.15, 0.2) is 5.78 Å². The van der Waals surface area contributed by atoms with Gasteiger partial charge >= 0.3 is 0 Å². The van der Waals surface area contributed by atoms with Crippen LogP contribution in [0.5, 0.6) is 5.75 Å². The maximum atomic E-state index is 13.4. The van der Waals surface area contributed by atoms with E-state index in [1.54, 1.807) is 30.7 Å². The molecule has 5 rings (SSSR count). The van der Waals surface area contributed by atoms with Crippen molar-refractivity contribution < 1.29 is 14.3 Å². The number of piperidine rings is 1. The molecule has 1 aromatic carbocycles. The van der Waals surface area contributed by atoms with Crippen LogP contribution >= 0.6 is 11.3 Å². The SMILES string of the molecule is COc1cc(C(=O)N2CCC3(CC2)CC(=O)c2nc(C(C)(C)C)sc2C3)c2[nH]ncc2c1. The van der Waals surface area contributed by atoms with E-state index in [0.29, 0.717) is 36.5 Å². The van der Waals surface area contributed by atoms with Gasteiger partial charge in [-0.1, -0.05) is 20.8 Å². The third-order valence-electron chi connectivity index (χ3n) is 6.77. The monoisotopic (exact) mass is 452 g/mol. The van der Waals surface area contributed by atoms with E-state index < -0.39 is 0 Å². The molecule has 1 fully saturated rings. The Balaban J connectivity index is 1.36. The second kappa shape index (κ2) is 7.40. The van der Waals surface area contributed by atoms with Crippen LogP contribution in [-0.4, -0.2) is 52.0 Å². The van der Waals surface area contributed by atoms with Gasteiger partial charge in [0.05, 0.1) is 29.4 Å². The van der Waals surface area contributed by atoms with Crippen molar-refractivity contribution in [2.24, 2.45) is 5.41 Å². The van der Waals surface area contributed by atoms with Gasteiger partial charge < -0.3 is 9.64 Å². The Morgan fingerprint density at radius 3 is 2.66 bits per heavy atom. The number of hydrogen-bond acceptors (Lipinski definition) is 6. The van der Waals surface area contributed by atoms with E-state index in [0.717, 1.165) is 40.1 Å². The number of fused-ring (bicyclic) bond motifs is 2. The molecular formula is C24H28N4O3S. The van der Waals surface area contributed by atoms with Gasteiger partial charge in [0.25, 0.3) is 5.91 Å². The number of aromatic amines is 1. The molecule has 0 bridgehead atoms. The fourth-order valence-corrected chi connectivity index (χ4v) is 6.17. The molecule has 0 unspecified atom stereocenters. The van der Waals surface area contributed by atoms with Gasteiger partial charge in [-0.3, -0.25) is 14.7 Å². The topological polar surface area (TPSA) is 88.2 Å². The number of ether oxygens (including phenoxy) is 1. The van der Waals surface area contributed by atoms with E-state index >= 15 is 0 Å². The van der Waals surface area contributed by atoms with E-state index in [9.17, 15) is 9.59 Å². The minimum Gasteiger partial charge on any atom is -0.497 e. The summed E-state index contributed by atoms with van der Waals surface area (Å²) in [5.74, 6) is 0.773. The van der Waals surface area contributed by atoms with Crippen LogP contribution in [0.2, 0.25) is 0 Å². The molecule has 8 heteroatoms. The number of rotatable bonds is 2. The highest BCUT2D eigenvalue weighted by molar-refractivity contribution is 7.12. The number of nitrogens with zero attached hydrogens (tertiary/aromatic N) is 3. The zero-order chi connectivity index (χ0) is 22.7. The number of Topliss-reactive ketones (excluding diaryl/α,β-unsaturated/α-hetero) is 1. The van der Waals surface area contributed by atoms with Crippen LogP contribution in [0.3, 0.4) is 0 Å². The molecule has 0 saturated carbocycles. The molecular weight excluding hydrogens is 424 g/mol. The number of nitrogens with one attached hydrogen (secondary N) is 1. The molecule has 1 amide bonds. The Morgan fingerprint density at radius 2 is 1.97 bits per heavy atom. The Hall–Kier alpha value is -2.74. The van der Waals surface area contributed by atoms with Gasteiger partial charge in [-0.05, 0) is 36.8 Å². The molecule has 1 N–H and O–H groups in total. The number of amides is 1. The highest BCUT2D eigenvalue weighted by atomic mass is 32.1. The standard InChI is InChI=1S/C24H28N4O3S/c1-23(2,3)22-26-20-17(29)11-24(12-18(20)32-22)5-7-28(8-6-24)21(30)16-10-15(31-4)9-14-13-25-27-19(14)16/h9-10,13H,5-8,11-12H2,1-4H3,(H,25,27). The fraction of sp³-hybridized carbons (Fsp3) is 0.500. The highest BCUT2D eigenvalue weighted by Gasteiger charge is 2.44. The van der Waals surface area contributed by atoms with Crippen LogP contribution in [0.15, 0.2) is 18.3 Å². The number of thiazole rings is 1. The number of aromatic nitrogens is 3. The van der Waals surface area contributed by atoms with Crippen molar-refractivity contribution in [3.8, 4) is 5.75 Å². The number of carbonyl (C=O) groups is 2. The minimum absolute atomic E-state index is 0.0244. The van der Waals surface area contributed by atoms with E-state index in [4.69, 9.17) is 4.74 Å². The van der Waals surface area contributed by atoms with Crippen LogP contribution in [0.25, 0.3) is 10.9 Å². The van der Waals surface area contributed by atoms with Gasteiger partial charge in [-0.2, -0.15) is 5.10 Å². The van der Waals surface area contributed by atoms with Gasteiger partial charge in [-0.15, -0.1) is 11.3 Å². The first-order chi connectivity index (χ1) is 15.2. The largest absolute Gasteiger partial charge is 0.497 e. The quantitative estimate of drug-likeness (QED) is 0.623. The molecule has 168 valence electrons. The predicted octanol–water partition coefficient (Wildman–Crippen LogP) is 4.38. The average Bonchev–Trinajstić information content (AvgIpc) is 3.40. The lowest BCUT2D eigenvalue weighted by atomic mass is 9.68. The Kier molecular flexibility index (Phi) is 4.89. The van der Waals surface area contributed by atoms with Crippen molar-refractivity contribution in [1.29, 1.82) is 0 Å². The molecule has 3 aromatic rings. The Bertz CT molecular complexity index is 1210. The number of hydrogen-bond donors (Lipinski definition) is 1. The average molecular weight is 453 g/mol. The zero-order valence-corrected chi connectivity index (χ0v) is 19.8. The first-order valence-corrected chi connectivity index (χ1v) is 11.8. The first kappa shape index (κ1) is 21.1. The number of methoxy groups -OCH3 is 1. The number of ketones is 1. The third kappa shape index (κ3) is 3.50. The number of benzene rings is 1. The number of carbonyl (C=O) groups excluding carboxylic acids is 2. The van der Waals surface area contributed by atoms with Crippen molar-refractivity contribution >= 4 is 33.9 Å². The lowest BCUT2D eigenvalue weighted by Crippen LogP contribution is -2.46. The molecule has 1 spiro atoms. The van der Waals surface area contributed by atoms with Gasteiger partial charge in [-0.25, -0.2) is 4.98 Å². The molecule has 32 heavy (non-hydrogen) atoms. The van der Waals surface area contributed by atoms with Gasteiger partial charge in [0.2, 0.25) is 0 Å². The Morgan fingerprint density at radius 1 is 1.22 bits per heavy atom. The van der Waals surface area contributed by atoms with Crippen molar-refractivity contribution in [3.63, 3.8) is 0 Å². The lowest BCUT2D eigenvalue weighted by molar-refractivity contribution is 0.0523. The van der Waals surface area contributed by atoms with Crippen molar-refractivity contribution in [3.05, 3.63) is 39.5 Å². The lowest BCUT2D eigenvalue weighted by Gasteiger charge is -2.43. The van der Waals surface area contributed by atoms with Crippen molar-refractivity contribution in [2.75, 3.05) is 20.2 Å². The summed E-state index contributed by atoms with van der Waals surface area (Å²) in [6.45, 7) is 7.68. The highest BCUT2D eigenvalue weighted by Crippen LogP contribution is 2.46. The molecule has 1 aliphatic carbocycles. The molecule has 1 aliphatic heterocycles. The van der Waals surface area contributed by atoms with Crippen LogP contribution in [-0.2, 0) is 11.8 Å². The normalized spacial score (nSPS) is 18.2. The molecule has 7 nitrogen and oxygen atoms in total. The van der Waals surface area contributed by atoms with Crippen molar-refractivity contribution in [1.82, 2.24) is 20.1 Å². The van der Waals surface area contributed by atoms with Crippen molar-refractivity contribution in [2.45, 2.75) is 51.9 Å². The summed E-state index contributed by atoms with van der Waals surface area (Å²) < 4.78 is 5.38. The summed E-state index contributed by atoms with van der Waals surface area (Å²) in [7, 11) is 1.60. The second-order valence-electron chi connectivity index (χ2n) is 10.1. The molecule has 2 aromatic heterocycles. The molecule has 3 heterocycles. The van der Waals surface area contributed by atoms with E-state index in [-0.39, 0.29) is 22.5 Å². The summed E-state index contributed by atoms with van der Waals surface area (Å²) in [6.07, 6.45) is 4.75.